The van der Waals surface area contributed by atoms with Gasteiger partial charge in [0.05, 0.1) is 12.7 Å². The van der Waals surface area contributed by atoms with Gasteiger partial charge >= 0.3 is 8.60 Å². The fourth-order valence-corrected chi connectivity index (χ4v) is 1.92. The molecule has 0 aliphatic carbocycles. The van der Waals surface area contributed by atoms with Crippen LogP contribution in [-0.2, 0) is 4.52 Å². The number of hydrogen-bond acceptors (Lipinski definition) is 5. The maximum absolute atomic E-state index is 8.98. The lowest BCUT2D eigenvalue weighted by Gasteiger charge is -2.34. The van der Waals surface area contributed by atoms with E-state index in [1.54, 1.807) is 0 Å². The molecule has 2 N–H and O–H groups in total. The molecule has 6 heteroatoms. The van der Waals surface area contributed by atoms with E-state index in [4.69, 9.17) is 15.0 Å². The van der Waals surface area contributed by atoms with Crippen LogP contribution in [0.2, 0.25) is 0 Å². The summed E-state index contributed by atoms with van der Waals surface area (Å²) in [5, 5.41) is 8.98. The van der Waals surface area contributed by atoms with E-state index in [-0.39, 0.29) is 18.7 Å². The van der Waals surface area contributed by atoms with Crippen LogP contribution in [0, 0.1) is 11.3 Å². The summed E-state index contributed by atoms with van der Waals surface area (Å²) in [5.74, 6) is 0. The minimum atomic E-state index is -2.38. The fourth-order valence-electron chi connectivity index (χ4n) is 1.64. The first-order valence-corrected chi connectivity index (χ1v) is 6.04. The maximum Gasteiger partial charge on any atom is 0.327 e. The molecular weight excluding hydrogens is 215 g/mol. The van der Waals surface area contributed by atoms with E-state index in [1.165, 1.54) is 0 Å². The second kappa shape index (κ2) is 7.10. The van der Waals surface area contributed by atoms with Gasteiger partial charge in [0.15, 0.2) is 0 Å². The number of rotatable bonds is 6. The maximum atomic E-state index is 8.98. The normalized spacial score (nSPS) is 13.9. The highest BCUT2D eigenvalue weighted by Crippen LogP contribution is 2.25. The first-order valence-electron chi connectivity index (χ1n) is 4.88. The molecule has 0 rings (SSSR count). The van der Waals surface area contributed by atoms with Crippen LogP contribution in [0.4, 0.5) is 0 Å². The van der Waals surface area contributed by atoms with E-state index in [9.17, 15) is 0 Å². The molecule has 0 spiro atoms. The molecule has 0 aromatic carbocycles. The first-order chi connectivity index (χ1) is 6.90. The van der Waals surface area contributed by atoms with E-state index < -0.39 is 14.6 Å². The van der Waals surface area contributed by atoms with Crippen LogP contribution < -0.4 is 0 Å². The van der Waals surface area contributed by atoms with Crippen molar-refractivity contribution in [1.82, 2.24) is 4.90 Å². The van der Waals surface area contributed by atoms with E-state index in [2.05, 4.69) is 10.6 Å². The molecule has 1 atom stereocenters. The lowest BCUT2D eigenvalue weighted by Crippen LogP contribution is -2.46. The van der Waals surface area contributed by atoms with Crippen LogP contribution in [0.15, 0.2) is 0 Å². The topological polar surface area (TPSA) is 76.7 Å². The Bertz CT molecular complexity index is 208. The summed E-state index contributed by atoms with van der Waals surface area (Å²) >= 11 is 0. The Kier molecular flexibility index (Phi) is 6.99. The second-order valence-electron chi connectivity index (χ2n) is 3.83. The largest absolute Gasteiger partial charge is 0.328 e. The molecule has 0 fully saturated rings. The zero-order valence-corrected chi connectivity index (χ0v) is 10.5. The molecule has 5 nitrogen and oxygen atoms in total. The van der Waals surface area contributed by atoms with Crippen molar-refractivity contribution in [3.63, 3.8) is 0 Å². The summed E-state index contributed by atoms with van der Waals surface area (Å²) in [6, 6.07) is 2.08. The highest BCUT2D eigenvalue weighted by molar-refractivity contribution is 7.39. The standard InChI is InChI=1S/C9H19N2O3P/c1-7(2)11(8(3)4)9(5-10)6-14-15(12)13/h7-9,12-13H,6H2,1-4H3. The van der Waals surface area contributed by atoms with E-state index in [0.717, 1.165) is 0 Å². The number of hydrogen-bond donors (Lipinski definition) is 2. The van der Waals surface area contributed by atoms with Crippen molar-refractivity contribution >= 4 is 8.60 Å². The predicted octanol–water partition coefficient (Wildman–Crippen LogP) is 1.23. The lowest BCUT2D eigenvalue weighted by molar-refractivity contribution is 0.0994. The molecule has 0 aromatic heterocycles. The van der Waals surface area contributed by atoms with Gasteiger partial charge in [-0.05, 0) is 27.7 Å². The van der Waals surface area contributed by atoms with Gasteiger partial charge in [0.1, 0.15) is 6.04 Å². The monoisotopic (exact) mass is 234 g/mol. The van der Waals surface area contributed by atoms with Gasteiger partial charge in [0.2, 0.25) is 0 Å². The zero-order chi connectivity index (χ0) is 12.0. The van der Waals surface area contributed by atoms with Gasteiger partial charge in [0.25, 0.3) is 0 Å². The SMILES string of the molecule is CC(C)N(C(C)C)C(C#N)COP(O)O. The molecule has 0 saturated carbocycles. The smallest absolute Gasteiger partial charge is 0.327 e. The summed E-state index contributed by atoms with van der Waals surface area (Å²) in [6.45, 7) is 7.98. The van der Waals surface area contributed by atoms with Gasteiger partial charge in [-0.25, -0.2) is 0 Å². The van der Waals surface area contributed by atoms with Gasteiger partial charge in [-0.1, -0.05) is 0 Å². The molecule has 0 aliphatic rings. The lowest BCUT2D eigenvalue weighted by atomic mass is 10.1. The minimum absolute atomic E-state index is 0.0194. The first kappa shape index (κ1) is 14.8. The van der Waals surface area contributed by atoms with Crippen molar-refractivity contribution in [3.8, 4) is 6.07 Å². The third-order valence-corrected chi connectivity index (χ3v) is 2.43. The highest BCUT2D eigenvalue weighted by atomic mass is 31.2. The second-order valence-corrected chi connectivity index (χ2v) is 4.59. The molecule has 0 amide bonds. The van der Waals surface area contributed by atoms with Crippen molar-refractivity contribution < 1.29 is 14.3 Å². The third-order valence-electron chi connectivity index (χ3n) is 2.05. The summed E-state index contributed by atoms with van der Waals surface area (Å²) < 4.78 is 4.69. The Morgan fingerprint density at radius 2 is 1.73 bits per heavy atom. The molecule has 0 radical (unpaired) electrons. The van der Waals surface area contributed by atoms with Crippen LogP contribution in [0.3, 0.4) is 0 Å². The van der Waals surface area contributed by atoms with Gasteiger partial charge in [-0.2, -0.15) is 5.26 Å². The Balaban J connectivity index is 4.41. The molecule has 0 bridgehead atoms. The Morgan fingerprint density at radius 3 is 2.00 bits per heavy atom. The summed E-state index contributed by atoms with van der Waals surface area (Å²) in [6.07, 6.45) is 0. The minimum Gasteiger partial charge on any atom is -0.328 e. The fraction of sp³-hybridized carbons (Fsp3) is 0.889. The van der Waals surface area contributed by atoms with Crippen molar-refractivity contribution in [2.75, 3.05) is 6.61 Å². The summed E-state index contributed by atoms with van der Waals surface area (Å²) in [7, 11) is -2.38. The molecule has 88 valence electrons. The molecule has 0 aromatic rings. The van der Waals surface area contributed by atoms with E-state index in [1.807, 2.05) is 32.6 Å². The van der Waals surface area contributed by atoms with Gasteiger partial charge in [0, 0.05) is 12.1 Å². The predicted molar refractivity (Wildman–Crippen MR) is 58.8 cm³/mol. The molecular formula is C9H19N2O3P. The van der Waals surface area contributed by atoms with Crippen LogP contribution in [0.1, 0.15) is 27.7 Å². The Hall–Kier alpha value is -0.240. The zero-order valence-electron chi connectivity index (χ0n) is 9.58. The number of nitrogens with zero attached hydrogens (tertiary/aromatic N) is 2. The van der Waals surface area contributed by atoms with Gasteiger partial charge in [-0.3, -0.25) is 4.90 Å². The Labute approximate surface area is 92.3 Å². The van der Waals surface area contributed by atoms with Crippen molar-refractivity contribution in [1.29, 1.82) is 5.26 Å². The van der Waals surface area contributed by atoms with Crippen LogP contribution >= 0.6 is 8.60 Å². The summed E-state index contributed by atoms with van der Waals surface area (Å²) in [5.41, 5.74) is 0. The molecule has 1 unspecified atom stereocenters. The van der Waals surface area contributed by atoms with Crippen LogP contribution in [0.25, 0.3) is 0 Å². The third kappa shape index (κ3) is 5.41. The van der Waals surface area contributed by atoms with Crippen LogP contribution in [-0.4, -0.2) is 39.4 Å². The molecule has 15 heavy (non-hydrogen) atoms. The van der Waals surface area contributed by atoms with Crippen LogP contribution in [0.5, 0.6) is 0 Å². The van der Waals surface area contributed by atoms with Crippen molar-refractivity contribution in [2.45, 2.75) is 45.8 Å². The van der Waals surface area contributed by atoms with Crippen molar-refractivity contribution in [3.05, 3.63) is 0 Å². The molecule has 0 aliphatic heterocycles. The highest BCUT2D eigenvalue weighted by Gasteiger charge is 2.24. The van der Waals surface area contributed by atoms with Gasteiger partial charge in [-0.15, -0.1) is 0 Å². The summed E-state index contributed by atoms with van der Waals surface area (Å²) in [4.78, 5) is 19.2. The number of nitriles is 1. The van der Waals surface area contributed by atoms with E-state index in [0.29, 0.717) is 0 Å². The van der Waals surface area contributed by atoms with E-state index >= 15 is 0 Å². The average molecular weight is 234 g/mol. The Morgan fingerprint density at radius 1 is 1.27 bits per heavy atom. The molecule has 0 heterocycles. The molecule has 0 saturated heterocycles. The van der Waals surface area contributed by atoms with Gasteiger partial charge < -0.3 is 14.3 Å². The quantitative estimate of drug-likeness (QED) is 0.676. The average Bonchev–Trinajstić information content (AvgIpc) is 2.09. The van der Waals surface area contributed by atoms with Crippen molar-refractivity contribution in [2.24, 2.45) is 0 Å².